The van der Waals surface area contributed by atoms with E-state index in [2.05, 4.69) is 31.6 Å². The molecule has 1 atom stereocenters. The molecule has 2 bridgehead atoms. The van der Waals surface area contributed by atoms with E-state index in [1.54, 1.807) is 6.20 Å². The Kier molecular flexibility index (Phi) is 5.01. The van der Waals surface area contributed by atoms with Gasteiger partial charge in [-0.2, -0.15) is 10.2 Å². The minimum absolute atomic E-state index is 0.185. The van der Waals surface area contributed by atoms with Gasteiger partial charge in [-0.1, -0.05) is 72.8 Å². The molecule has 0 unspecified atom stereocenters. The Bertz CT molecular complexity index is 1740. The first kappa shape index (κ1) is 23.1. The molecule has 3 aliphatic rings. The van der Waals surface area contributed by atoms with Gasteiger partial charge in [-0.15, -0.1) is 5.10 Å². The zero-order valence-electron chi connectivity index (χ0n) is 21.2. The molecule has 2 heterocycles. The maximum absolute atomic E-state index is 14.0. The second-order valence-electron chi connectivity index (χ2n) is 10.5. The van der Waals surface area contributed by atoms with Crippen LogP contribution in [0.25, 0.3) is 22.5 Å². The molecular weight excluding hydrogens is 484 g/mol. The zero-order valence-corrected chi connectivity index (χ0v) is 21.2. The first-order chi connectivity index (χ1) is 19.0. The largest absolute Gasteiger partial charge is 0.293 e. The van der Waals surface area contributed by atoms with Gasteiger partial charge in [0.2, 0.25) is 11.9 Å². The van der Waals surface area contributed by atoms with E-state index in [1.807, 2.05) is 98.0 Å². The summed E-state index contributed by atoms with van der Waals surface area (Å²) in [5.74, 6) is 0.369. The fraction of sp³-hybridized carbons (Fsp3) is 0.156. The lowest BCUT2D eigenvalue weighted by atomic mass is 9.47. The Balaban J connectivity index is 1.23. The van der Waals surface area contributed by atoms with E-state index in [1.165, 1.54) is 0 Å². The summed E-state index contributed by atoms with van der Waals surface area (Å²) in [7, 11) is 0. The summed E-state index contributed by atoms with van der Waals surface area (Å²) in [5.41, 5.74) is 5.13. The third kappa shape index (κ3) is 3.35. The van der Waals surface area contributed by atoms with Gasteiger partial charge in [0.05, 0.1) is 11.5 Å². The second-order valence-corrected chi connectivity index (χ2v) is 10.5. The summed E-state index contributed by atoms with van der Waals surface area (Å²) >= 11 is 0. The van der Waals surface area contributed by atoms with Crippen LogP contribution >= 0.6 is 0 Å². The molecule has 0 spiro atoms. The molecule has 2 aromatic heterocycles. The van der Waals surface area contributed by atoms with Crippen molar-refractivity contribution < 1.29 is 4.79 Å². The quantitative estimate of drug-likeness (QED) is 0.317. The number of pyridine rings is 1. The number of carbonyl (C=O) groups excluding carboxylic acids is 1. The van der Waals surface area contributed by atoms with Crippen molar-refractivity contribution in [2.24, 2.45) is 5.41 Å². The second kappa shape index (κ2) is 8.47. The molecule has 5 aromatic rings. The Morgan fingerprint density at radius 2 is 1.64 bits per heavy atom. The van der Waals surface area contributed by atoms with Gasteiger partial charge in [-0.3, -0.25) is 20.2 Å². The summed E-state index contributed by atoms with van der Waals surface area (Å²) in [6, 6.07) is 30.5. The van der Waals surface area contributed by atoms with Crippen LogP contribution in [0.2, 0.25) is 0 Å². The van der Waals surface area contributed by atoms with E-state index < -0.39 is 10.8 Å². The van der Waals surface area contributed by atoms with Gasteiger partial charge in [-0.25, -0.2) is 0 Å². The molecule has 0 fully saturated rings. The molecule has 0 saturated heterocycles. The molecule has 188 valence electrons. The number of aromatic amines is 1. The van der Waals surface area contributed by atoms with Crippen molar-refractivity contribution in [1.82, 2.24) is 20.2 Å². The molecule has 3 aromatic carbocycles. The van der Waals surface area contributed by atoms with Crippen molar-refractivity contribution in [3.05, 3.63) is 120 Å². The lowest BCUT2D eigenvalue weighted by Crippen LogP contribution is -2.53. The van der Waals surface area contributed by atoms with Gasteiger partial charge in [0, 0.05) is 29.4 Å². The summed E-state index contributed by atoms with van der Waals surface area (Å²) < 4.78 is 0. The van der Waals surface area contributed by atoms with E-state index in [0.29, 0.717) is 12.2 Å². The molecule has 7 nitrogen and oxygen atoms in total. The van der Waals surface area contributed by atoms with Crippen LogP contribution in [-0.4, -0.2) is 26.1 Å². The Labute approximate surface area is 225 Å². The number of nitrogens with zero attached hydrogens (tertiary/aromatic N) is 4. The first-order valence-electron chi connectivity index (χ1n) is 12.9. The fourth-order valence-electron chi connectivity index (χ4n) is 6.56. The molecule has 39 heavy (non-hydrogen) atoms. The van der Waals surface area contributed by atoms with Crippen LogP contribution in [0.1, 0.15) is 41.5 Å². The number of hydrogen-bond donors (Lipinski definition) is 2. The molecule has 8 rings (SSSR count). The van der Waals surface area contributed by atoms with Crippen LogP contribution in [0, 0.1) is 16.7 Å². The minimum atomic E-state index is -0.898. The van der Waals surface area contributed by atoms with Crippen molar-refractivity contribution in [3.63, 3.8) is 0 Å². The maximum Gasteiger partial charge on any atom is 0.249 e. The van der Waals surface area contributed by atoms with E-state index in [9.17, 15) is 10.1 Å². The summed E-state index contributed by atoms with van der Waals surface area (Å²) in [4.78, 5) is 22.8. The van der Waals surface area contributed by atoms with Gasteiger partial charge in [-0.05, 0) is 53.3 Å². The highest BCUT2D eigenvalue weighted by molar-refractivity contribution is 5.96. The molecule has 1 amide bonds. The van der Waals surface area contributed by atoms with Crippen molar-refractivity contribution in [1.29, 1.82) is 5.26 Å². The van der Waals surface area contributed by atoms with Crippen molar-refractivity contribution in [2.75, 3.05) is 5.32 Å². The van der Waals surface area contributed by atoms with Gasteiger partial charge < -0.3 is 0 Å². The highest BCUT2D eigenvalue weighted by Crippen LogP contribution is 2.63. The van der Waals surface area contributed by atoms with Crippen molar-refractivity contribution in [3.8, 4) is 28.6 Å². The molecule has 0 aliphatic heterocycles. The van der Waals surface area contributed by atoms with Crippen molar-refractivity contribution >= 4 is 11.9 Å². The number of anilines is 1. The third-order valence-corrected chi connectivity index (χ3v) is 8.28. The summed E-state index contributed by atoms with van der Waals surface area (Å²) in [5, 5.41) is 20.8. The number of hydrogen-bond acceptors (Lipinski definition) is 5. The Morgan fingerprint density at radius 1 is 0.949 bits per heavy atom. The number of H-pyrrole nitrogens is 1. The van der Waals surface area contributed by atoms with E-state index >= 15 is 0 Å². The molecule has 7 heteroatoms. The molecule has 0 radical (unpaired) electrons. The third-order valence-electron chi connectivity index (χ3n) is 8.28. The lowest BCUT2D eigenvalue weighted by molar-refractivity contribution is -0.127. The normalized spacial score (nSPS) is 22.4. The maximum atomic E-state index is 14.0. The van der Waals surface area contributed by atoms with E-state index in [-0.39, 0.29) is 17.8 Å². The molecule has 3 aliphatic carbocycles. The summed E-state index contributed by atoms with van der Waals surface area (Å²) in [6.07, 6.45) is 3.94. The number of amides is 1. The number of rotatable bonds is 4. The summed E-state index contributed by atoms with van der Waals surface area (Å²) in [6.45, 7) is 1.95. The van der Waals surface area contributed by atoms with Gasteiger partial charge in [0.1, 0.15) is 5.41 Å². The topological polar surface area (TPSA) is 107 Å². The van der Waals surface area contributed by atoms with E-state index in [4.69, 9.17) is 0 Å². The number of fused-ring (bicyclic) bond motifs is 1. The molecule has 0 saturated carbocycles. The Morgan fingerprint density at radius 3 is 2.33 bits per heavy atom. The number of nitrogens with one attached hydrogen (secondary N) is 2. The SMILES string of the molecule is C[C@]1(C(=O)Nc2n[nH]c(-c3cccc(-c4cccnc4)c3)n2)CC2(C#N)c3ccccc3C1c1ccccc12. The number of nitriles is 1. The number of benzene rings is 3. The van der Waals surface area contributed by atoms with Crippen molar-refractivity contribution in [2.45, 2.75) is 24.7 Å². The van der Waals surface area contributed by atoms with Crippen LogP contribution in [0.15, 0.2) is 97.3 Å². The van der Waals surface area contributed by atoms with Gasteiger partial charge in [0.15, 0.2) is 5.82 Å². The smallest absolute Gasteiger partial charge is 0.249 e. The van der Waals surface area contributed by atoms with Gasteiger partial charge >= 0.3 is 0 Å². The predicted octanol–water partition coefficient (Wildman–Crippen LogP) is 5.84. The van der Waals surface area contributed by atoms with Crippen LogP contribution in [0.5, 0.6) is 0 Å². The van der Waals surface area contributed by atoms with Gasteiger partial charge in [0.25, 0.3) is 0 Å². The van der Waals surface area contributed by atoms with Crippen LogP contribution in [0.4, 0.5) is 5.95 Å². The average Bonchev–Trinajstić information content (AvgIpc) is 3.46. The van der Waals surface area contributed by atoms with Crippen LogP contribution in [-0.2, 0) is 10.2 Å². The zero-order chi connectivity index (χ0) is 26.6. The minimum Gasteiger partial charge on any atom is -0.293 e. The van der Waals surface area contributed by atoms with E-state index in [0.717, 1.165) is 38.9 Å². The highest BCUT2D eigenvalue weighted by atomic mass is 16.2. The standard InChI is InChI=1S/C32H24N6O/c1-31(18-32(19-33)25-13-4-2-11-23(25)27(31)24-12-3-5-14-26(24)32)29(39)36-30-35-28(37-38-30)21-9-6-8-20(16-21)22-10-7-15-34-17-22/h2-17,27H,18H2,1H3,(H2,35,36,37,38,39)/t27?,31-,32?/m0/s1. The first-order valence-corrected chi connectivity index (χ1v) is 12.9. The molecular formula is C32H24N6O. The fourth-order valence-corrected chi connectivity index (χ4v) is 6.56. The lowest BCUT2D eigenvalue weighted by Gasteiger charge is -2.54. The monoisotopic (exact) mass is 508 g/mol. The highest BCUT2D eigenvalue weighted by Gasteiger charge is 2.61. The predicted molar refractivity (Wildman–Crippen MR) is 148 cm³/mol. The number of carbonyl (C=O) groups is 1. The van der Waals surface area contributed by atoms with Crippen LogP contribution in [0.3, 0.4) is 0 Å². The Hall–Kier alpha value is -5.09. The molecule has 2 N–H and O–H groups in total. The number of aromatic nitrogens is 4. The van der Waals surface area contributed by atoms with Crippen LogP contribution < -0.4 is 5.32 Å². The average molecular weight is 509 g/mol.